The normalized spacial score (nSPS) is 14.9. The van der Waals surface area contributed by atoms with E-state index in [1.807, 2.05) is 0 Å². The fourth-order valence-corrected chi connectivity index (χ4v) is 2.30. The Morgan fingerprint density at radius 3 is 2.59 bits per heavy atom. The molecule has 1 aliphatic carbocycles. The van der Waals surface area contributed by atoms with Crippen molar-refractivity contribution >= 4 is 23.7 Å². The first kappa shape index (κ1) is 15.6. The number of benzene rings is 1. The summed E-state index contributed by atoms with van der Waals surface area (Å²) in [7, 11) is 0. The summed E-state index contributed by atoms with van der Waals surface area (Å²) in [6.07, 6.45) is 4.97. The van der Waals surface area contributed by atoms with Crippen LogP contribution in [-0.4, -0.2) is 29.0 Å². The second-order valence-electron chi connectivity index (χ2n) is 4.97. The van der Waals surface area contributed by atoms with Gasteiger partial charge in [0.25, 0.3) is 5.69 Å². The van der Waals surface area contributed by atoms with Gasteiger partial charge in [0.2, 0.25) is 0 Å². The Balaban J connectivity index is 1.90. The van der Waals surface area contributed by atoms with Crippen molar-refractivity contribution in [2.45, 2.75) is 31.7 Å². The molecule has 0 saturated heterocycles. The third-order valence-electron chi connectivity index (χ3n) is 3.40. The van der Waals surface area contributed by atoms with Crippen LogP contribution in [0.3, 0.4) is 0 Å². The average molecular weight is 304 g/mol. The van der Waals surface area contributed by atoms with Gasteiger partial charge in [0.1, 0.15) is 0 Å². The highest BCUT2D eigenvalue weighted by atomic mass is 16.6. The van der Waals surface area contributed by atoms with E-state index in [-0.39, 0.29) is 17.3 Å². The number of amides is 2. The number of carbonyl (C=O) groups is 2. The van der Waals surface area contributed by atoms with E-state index in [4.69, 9.17) is 0 Å². The highest BCUT2D eigenvalue weighted by Crippen LogP contribution is 2.17. The average Bonchev–Trinajstić information content (AvgIpc) is 3.00. The number of rotatable bonds is 4. The van der Waals surface area contributed by atoms with Gasteiger partial charge in [0.05, 0.1) is 16.7 Å². The predicted octanol–water partition coefficient (Wildman–Crippen LogP) is 1.10. The molecule has 8 nitrogen and oxygen atoms in total. The molecule has 0 aliphatic heterocycles. The maximum Gasteiger partial charge on any atom is 0.329 e. The van der Waals surface area contributed by atoms with Gasteiger partial charge in [-0.2, -0.15) is 5.10 Å². The number of hydrazone groups is 1. The van der Waals surface area contributed by atoms with Gasteiger partial charge < -0.3 is 5.32 Å². The molecule has 8 heteroatoms. The summed E-state index contributed by atoms with van der Waals surface area (Å²) < 4.78 is 0. The highest BCUT2D eigenvalue weighted by Gasteiger charge is 2.21. The Bertz CT molecular complexity index is 609. The van der Waals surface area contributed by atoms with E-state index in [0.29, 0.717) is 0 Å². The summed E-state index contributed by atoms with van der Waals surface area (Å²) in [5, 5.41) is 17.0. The molecular weight excluding hydrogens is 288 g/mol. The Labute approximate surface area is 126 Å². The first-order valence-electron chi connectivity index (χ1n) is 6.95. The molecule has 2 amide bonds. The Morgan fingerprint density at radius 2 is 1.91 bits per heavy atom. The number of nitrogens with zero attached hydrogens (tertiary/aromatic N) is 2. The fourth-order valence-electron chi connectivity index (χ4n) is 2.30. The van der Waals surface area contributed by atoms with Crippen LogP contribution in [0.4, 0.5) is 5.69 Å². The van der Waals surface area contributed by atoms with Crippen LogP contribution in [0, 0.1) is 10.1 Å². The van der Waals surface area contributed by atoms with Gasteiger partial charge >= 0.3 is 11.8 Å². The number of nitrogens with one attached hydrogen (secondary N) is 2. The molecule has 0 unspecified atom stereocenters. The lowest BCUT2D eigenvalue weighted by Crippen LogP contribution is -2.42. The zero-order valence-electron chi connectivity index (χ0n) is 11.8. The molecule has 0 bridgehead atoms. The maximum atomic E-state index is 11.6. The standard InChI is InChI=1S/C14H16N4O4/c19-13(16-11-6-2-3-7-11)14(20)17-15-9-10-5-1-4-8-12(10)18(21)22/h1,4-5,8-9,11H,2-3,6-7H2,(H,16,19)(H,17,20)/b15-9-. The summed E-state index contributed by atoms with van der Waals surface area (Å²) >= 11 is 0. The van der Waals surface area contributed by atoms with Gasteiger partial charge in [0, 0.05) is 12.1 Å². The van der Waals surface area contributed by atoms with E-state index in [2.05, 4.69) is 15.8 Å². The van der Waals surface area contributed by atoms with Crippen molar-refractivity contribution in [3.05, 3.63) is 39.9 Å². The minimum Gasteiger partial charge on any atom is -0.345 e. The van der Waals surface area contributed by atoms with Crippen molar-refractivity contribution in [1.29, 1.82) is 0 Å². The van der Waals surface area contributed by atoms with Crippen molar-refractivity contribution in [2.24, 2.45) is 5.10 Å². The molecule has 2 N–H and O–H groups in total. The van der Waals surface area contributed by atoms with Crippen LogP contribution in [0.1, 0.15) is 31.2 Å². The lowest BCUT2D eigenvalue weighted by molar-refractivity contribution is -0.385. The predicted molar refractivity (Wildman–Crippen MR) is 79.2 cm³/mol. The van der Waals surface area contributed by atoms with E-state index >= 15 is 0 Å². The van der Waals surface area contributed by atoms with Crippen molar-refractivity contribution < 1.29 is 14.5 Å². The van der Waals surface area contributed by atoms with Gasteiger partial charge in [0.15, 0.2) is 0 Å². The zero-order chi connectivity index (χ0) is 15.9. The Morgan fingerprint density at radius 1 is 1.23 bits per heavy atom. The van der Waals surface area contributed by atoms with Crippen molar-refractivity contribution in [3.63, 3.8) is 0 Å². The zero-order valence-corrected chi connectivity index (χ0v) is 11.8. The fraction of sp³-hybridized carbons (Fsp3) is 0.357. The molecule has 0 spiro atoms. The third kappa shape index (κ3) is 4.11. The van der Waals surface area contributed by atoms with E-state index in [1.165, 1.54) is 18.2 Å². The number of carbonyl (C=O) groups excluding carboxylic acids is 2. The van der Waals surface area contributed by atoms with Crippen LogP contribution < -0.4 is 10.7 Å². The molecule has 0 aromatic heterocycles. The first-order chi connectivity index (χ1) is 10.6. The van der Waals surface area contributed by atoms with E-state index < -0.39 is 16.7 Å². The lowest BCUT2D eigenvalue weighted by Gasteiger charge is -2.10. The van der Waals surface area contributed by atoms with Gasteiger partial charge in [-0.15, -0.1) is 0 Å². The second-order valence-corrected chi connectivity index (χ2v) is 4.97. The van der Waals surface area contributed by atoms with Crippen LogP contribution >= 0.6 is 0 Å². The topological polar surface area (TPSA) is 114 Å². The molecule has 1 aliphatic rings. The van der Waals surface area contributed by atoms with Crippen molar-refractivity contribution in [3.8, 4) is 0 Å². The lowest BCUT2D eigenvalue weighted by atomic mass is 10.2. The van der Waals surface area contributed by atoms with Gasteiger partial charge in [-0.1, -0.05) is 25.0 Å². The van der Waals surface area contributed by atoms with Crippen LogP contribution in [0.5, 0.6) is 0 Å². The summed E-state index contributed by atoms with van der Waals surface area (Å²) in [6, 6.07) is 6.01. The number of nitro benzene ring substituents is 1. The number of hydrogen-bond acceptors (Lipinski definition) is 5. The summed E-state index contributed by atoms with van der Waals surface area (Å²) in [5.74, 6) is -1.63. The third-order valence-corrected chi connectivity index (χ3v) is 3.40. The summed E-state index contributed by atoms with van der Waals surface area (Å²) in [5.41, 5.74) is 2.18. The molecule has 2 rings (SSSR count). The molecule has 0 radical (unpaired) electrons. The monoisotopic (exact) mass is 304 g/mol. The minimum absolute atomic E-state index is 0.0393. The second kappa shape index (κ2) is 7.30. The van der Waals surface area contributed by atoms with E-state index in [9.17, 15) is 19.7 Å². The van der Waals surface area contributed by atoms with Crippen LogP contribution in [0.2, 0.25) is 0 Å². The largest absolute Gasteiger partial charge is 0.345 e. The van der Waals surface area contributed by atoms with Crippen LogP contribution in [0.25, 0.3) is 0 Å². The SMILES string of the molecule is O=C(N/N=C\c1ccccc1[N+](=O)[O-])C(=O)NC1CCCC1. The molecule has 116 valence electrons. The molecule has 1 saturated carbocycles. The molecule has 1 aromatic rings. The smallest absolute Gasteiger partial charge is 0.329 e. The molecule has 1 fully saturated rings. The number of para-hydroxylation sites is 1. The molecule has 0 atom stereocenters. The summed E-state index contributed by atoms with van der Waals surface area (Å²) in [6.45, 7) is 0. The number of nitro groups is 1. The van der Waals surface area contributed by atoms with Gasteiger partial charge in [-0.05, 0) is 18.9 Å². The first-order valence-corrected chi connectivity index (χ1v) is 6.95. The minimum atomic E-state index is -0.887. The number of hydrogen-bond donors (Lipinski definition) is 2. The van der Waals surface area contributed by atoms with E-state index in [0.717, 1.165) is 31.9 Å². The maximum absolute atomic E-state index is 11.6. The van der Waals surface area contributed by atoms with Crippen molar-refractivity contribution in [1.82, 2.24) is 10.7 Å². The van der Waals surface area contributed by atoms with Gasteiger partial charge in [-0.3, -0.25) is 19.7 Å². The van der Waals surface area contributed by atoms with Gasteiger partial charge in [-0.25, -0.2) is 5.43 Å². The van der Waals surface area contributed by atoms with Crippen LogP contribution in [0.15, 0.2) is 29.4 Å². The molecule has 0 heterocycles. The van der Waals surface area contributed by atoms with E-state index in [1.54, 1.807) is 6.07 Å². The van der Waals surface area contributed by atoms with Crippen molar-refractivity contribution in [2.75, 3.05) is 0 Å². The Kier molecular flexibility index (Phi) is 5.18. The molecule has 22 heavy (non-hydrogen) atoms. The summed E-state index contributed by atoms with van der Waals surface area (Å²) in [4.78, 5) is 33.4. The Hall–Kier alpha value is -2.77. The van der Waals surface area contributed by atoms with Crippen LogP contribution in [-0.2, 0) is 9.59 Å². The quantitative estimate of drug-likeness (QED) is 0.375. The highest BCUT2D eigenvalue weighted by molar-refractivity contribution is 6.35. The molecular formula is C14H16N4O4. The molecule has 1 aromatic carbocycles.